The molecule has 0 atom stereocenters. The van der Waals surface area contributed by atoms with Crippen molar-refractivity contribution in [3.05, 3.63) is 63.9 Å². The molecule has 0 bridgehead atoms. The lowest BCUT2D eigenvalue weighted by Crippen LogP contribution is -2.38. The zero-order valence-corrected chi connectivity index (χ0v) is 19.5. The number of likely N-dealkylation sites (tertiary alicyclic amines) is 1. The van der Waals surface area contributed by atoms with Crippen molar-refractivity contribution in [1.29, 1.82) is 0 Å². The van der Waals surface area contributed by atoms with Crippen LogP contribution >= 0.6 is 11.3 Å². The Morgan fingerprint density at radius 2 is 2.03 bits per heavy atom. The topological polar surface area (TPSA) is 95.9 Å². The zero-order valence-electron chi connectivity index (χ0n) is 18.7. The molecular formula is C24H26N6O2S. The number of carbonyl (C=O) groups is 2. The average molecular weight is 463 g/mol. The number of hydrogen-bond donors (Lipinski definition) is 2. The fraction of sp³-hybridized carbons (Fsp3) is 0.333. The van der Waals surface area contributed by atoms with E-state index in [-0.39, 0.29) is 17.7 Å². The highest BCUT2D eigenvalue weighted by Crippen LogP contribution is 2.31. The highest BCUT2D eigenvalue weighted by molar-refractivity contribution is 7.10. The van der Waals surface area contributed by atoms with Crippen molar-refractivity contribution in [1.82, 2.24) is 24.6 Å². The van der Waals surface area contributed by atoms with Gasteiger partial charge in [0.05, 0.1) is 17.1 Å². The van der Waals surface area contributed by atoms with Crippen LogP contribution in [0.15, 0.2) is 41.9 Å². The largest absolute Gasteiger partial charge is 0.361 e. The lowest BCUT2D eigenvalue weighted by Gasteiger charge is -2.31. The molecule has 5 rings (SSSR count). The summed E-state index contributed by atoms with van der Waals surface area (Å²) in [5.41, 5.74) is 3.36. The Morgan fingerprint density at radius 3 is 2.79 bits per heavy atom. The van der Waals surface area contributed by atoms with Crippen LogP contribution in [0.2, 0.25) is 0 Å². The van der Waals surface area contributed by atoms with Gasteiger partial charge in [0.25, 0.3) is 5.91 Å². The number of para-hydroxylation sites is 1. The molecule has 33 heavy (non-hydrogen) atoms. The molecule has 4 heterocycles. The second-order valence-corrected chi connectivity index (χ2v) is 9.40. The molecule has 0 radical (unpaired) electrons. The molecular weight excluding hydrogens is 436 g/mol. The summed E-state index contributed by atoms with van der Waals surface area (Å²) < 4.78 is 1.64. The van der Waals surface area contributed by atoms with E-state index in [1.54, 1.807) is 11.7 Å². The molecule has 4 aromatic rings. The number of nitrogens with zero attached hydrogens (tertiary/aromatic N) is 4. The first kappa shape index (κ1) is 21.4. The third-order valence-corrected chi connectivity index (χ3v) is 7.22. The monoisotopic (exact) mass is 462 g/mol. The highest BCUT2D eigenvalue weighted by Gasteiger charge is 2.27. The van der Waals surface area contributed by atoms with Crippen molar-refractivity contribution >= 4 is 39.9 Å². The first-order chi connectivity index (χ1) is 16.0. The molecule has 2 N–H and O–H groups in total. The summed E-state index contributed by atoms with van der Waals surface area (Å²) in [4.78, 5) is 35.3. The third kappa shape index (κ3) is 4.41. The van der Waals surface area contributed by atoms with Gasteiger partial charge in [-0.25, -0.2) is 4.98 Å². The Kier molecular flexibility index (Phi) is 5.72. The summed E-state index contributed by atoms with van der Waals surface area (Å²) in [5.74, 6) is 0.845. The summed E-state index contributed by atoms with van der Waals surface area (Å²) in [5, 5.41) is 11.0. The number of aryl methyl sites for hydroxylation is 2. The maximum absolute atomic E-state index is 12.9. The van der Waals surface area contributed by atoms with Crippen molar-refractivity contribution in [2.45, 2.75) is 32.1 Å². The van der Waals surface area contributed by atoms with Crippen LogP contribution in [0.4, 0.5) is 5.82 Å². The number of rotatable bonds is 5. The third-order valence-electron chi connectivity index (χ3n) is 6.21. The maximum Gasteiger partial charge on any atom is 0.276 e. The molecule has 1 aliphatic rings. The summed E-state index contributed by atoms with van der Waals surface area (Å²) in [6, 6.07) is 9.88. The Bertz CT molecular complexity index is 1310. The van der Waals surface area contributed by atoms with E-state index in [2.05, 4.69) is 20.4 Å². The molecule has 0 unspecified atom stereocenters. The smallest absolute Gasteiger partial charge is 0.276 e. The predicted molar refractivity (Wildman–Crippen MR) is 129 cm³/mol. The van der Waals surface area contributed by atoms with Gasteiger partial charge in [-0.3, -0.25) is 14.3 Å². The quantitative estimate of drug-likeness (QED) is 0.471. The Morgan fingerprint density at radius 1 is 1.24 bits per heavy atom. The molecule has 8 nitrogen and oxygen atoms in total. The van der Waals surface area contributed by atoms with Crippen molar-refractivity contribution in [2.75, 3.05) is 18.4 Å². The molecule has 170 valence electrons. The van der Waals surface area contributed by atoms with Crippen LogP contribution in [-0.4, -0.2) is 49.6 Å². The number of nitrogens with one attached hydrogen (secondary N) is 2. The first-order valence-corrected chi connectivity index (χ1v) is 12.0. The molecule has 1 saturated heterocycles. The van der Waals surface area contributed by atoms with Crippen LogP contribution in [0.1, 0.15) is 45.5 Å². The van der Waals surface area contributed by atoms with Crippen LogP contribution < -0.4 is 5.32 Å². The minimum atomic E-state index is -0.230. The van der Waals surface area contributed by atoms with Gasteiger partial charge in [0.15, 0.2) is 0 Å². The standard InChI is InChI=1S/C24H26N6O2S/c1-15-11-21(29(2)28-15)27-23(32)20-14-33-24(26-20)16-7-9-30(10-8-16)22(31)12-17-13-25-19-6-4-3-5-18(17)19/h3-6,11,13-14,16,25H,7-10,12H2,1-2H3,(H,27,32). The van der Waals surface area contributed by atoms with E-state index in [1.807, 2.05) is 53.7 Å². The van der Waals surface area contributed by atoms with E-state index in [0.29, 0.717) is 31.0 Å². The Hall–Kier alpha value is -3.46. The number of aromatic amines is 1. The van der Waals surface area contributed by atoms with E-state index in [4.69, 9.17) is 0 Å². The average Bonchev–Trinajstić information content (AvgIpc) is 3.53. The number of piperidine rings is 1. The summed E-state index contributed by atoms with van der Waals surface area (Å²) in [7, 11) is 1.79. The zero-order chi connectivity index (χ0) is 22.9. The van der Waals surface area contributed by atoms with Crippen LogP contribution in [0.3, 0.4) is 0 Å². The van der Waals surface area contributed by atoms with Gasteiger partial charge < -0.3 is 15.2 Å². The van der Waals surface area contributed by atoms with Gasteiger partial charge >= 0.3 is 0 Å². The van der Waals surface area contributed by atoms with Gasteiger partial charge in [0, 0.05) is 54.6 Å². The van der Waals surface area contributed by atoms with Crippen molar-refractivity contribution in [2.24, 2.45) is 7.05 Å². The molecule has 0 saturated carbocycles. The molecule has 0 spiro atoms. The van der Waals surface area contributed by atoms with Crippen LogP contribution in [0.5, 0.6) is 0 Å². The summed E-state index contributed by atoms with van der Waals surface area (Å²) in [6.45, 7) is 3.30. The number of H-pyrrole nitrogens is 1. The molecule has 0 aliphatic carbocycles. The fourth-order valence-electron chi connectivity index (χ4n) is 4.42. The second-order valence-electron chi connectivity index (χ2n) is 8.51. The molecule has 3 aromatic heterocycles. The van der Waals surface area contributed by atoms with Gasteiger partial charge in [-0.15, -0.1) is 11.3 Å². The second kappa shape index (κ2) is 8.82. The number of thiazole rings is 1. The van der Waals surface area contributed by atoms with Crippen molar-refractivity contribution in [3.8, 4) is 0 Å². The van der Waals surface area contributed by atoms with E-state index >= 15 is 0 Å². The molecule has 2 amide bonds. The SMILES string of the molecule is Cc1cc(NC(=O)c2csc(C3CCN(C(=O)Cc4c[nH]c5ccccc45)CC3)n2)n(C)n1. The summed E-state index contributed by atoms with van der Waals surface area (Å²) in [6.07, 6.45) is 4.05. The molecule has 1 aliphatic heterocycles. The number of fused-ring (bicyclic) bond motifs is 1. The molecule has 9 heteroatoms. The number of benzene rings is 1. The fourth-order valence-corrected chi connectivity index (χ4v) is 5.39. The van der Waals surface area contributed by atoms with E-state index in [0.717, 1.165) is 40.0 Å². The predicted octanol–water partition coefficient (Wildman–Crippen LogP) is 3.87. The van der Waals surface area contributed by atoms with Crippen molar-refractivity contribution < 1.29 is 9.59 Å². The number of carbonyl (C=O) groups excluding carboxylic acids is 2. The Balaban J connectivity index is 1.17. The van der Waals surface area contributed by atoms with Gasteiger partial charge in [-0.1, -0.05) is 18.2 Å². The number of anilines is 1. The van der Waals surface area contributed by atoms with Crippen LogP contribution in [-0.2, 0) is 18.3 Å². The maximum atomic E-state index is 12.9. The van der Waals surface area contributed by atoms with Gasteiger partial charge in [0.2, 0.25) is 5.91 Å². The lowest BCUT2D eigenvalue weighted by molar-refractivity contribution is -0.131. The van der Waals surface area contributed by atoms with Crippen molar-refractivity contribution in [3.63, 3.8) is 0 Å². The highest BCUT2D eigenvalue weighted by atomic mass is 32.1. The molecule has 1 fully saturated rings. The number of aromatic nitrogens is 4. The van der Waals surface area contributed by atoms with Gasteiger partial charge in [-0.05, 0) is 31.4 Å². The van der Waals surface area contributed by atoms with Crippen LogP contribution in [0.25, 0.3) is 10.9 Å². The van der Waals surface area contributed by atoms with E-state index in [1.165, 1.54) is 11.3 Å². The Labute approximate surface area is 195 Å². The number of amides is 2. The molecule has 1 aromatic carbocycles. The lowest BCUT2D eigenvalue weighted by atomic mass is 9.97. The van der Waals surface area contributed by atoms with E-state index < -0.39 is 0 Å². The van der Waals surface area contributed by atoms with E-state index in [9.17, 15) is 9.59 Å². The normalized spacial score (nSPS) is 14.7. The minimum Gasteiger partial charge on any atom is -0.361 e. The number of hydrogen-bond acceptors (Lipinski definition) is 5. The first-order valence-electron chi connectivity index (χ1n) is 11.1. The van der Waals surface area contributed by atoms with Gasteiger partial charge in [0.1, 0.15) is 11.5 Å². The van der Waals surface area contributed by atoms with Crippen LogP contribution in [0, 0.1) is 6.92 Å². The van der Waals surface area contributed by atoms with Gasteiger partial charge in [-0.2, -0.15) is 5.10 Å². The summed E-state index contributed by atoms with van der Waals surface area (Å²) >= 11 is 1.52. The minimum absolute atomic E-state index is 0.156.